The van der Waals surface area contributed by atoms with Crippen molar-refractivity contribution >= 4 is 55.4 Å². The van der Waals surface area contributed by atoms with E-state index in [2.05, 4.69) is 127 Å². The fourth-order valence-electron chi connectivity index (χ4n) is 9.82. The summed E-state index contributed by atoms with van der Waals surface area (Å²) in [4.78, 5) is 0. The van der Waals surface area contributed by atoms with Gasteiger partial charge in [-0.25, -0.2) is 0 Å². The van der Waals surface area contributed by atoms with Gasteiger partial charge in [-0.15, -0.1) is 0 Å². The van der Waals surface area contributed by atoms with Gasteiger partial charge in [0.05, 0.1) is 0 Å². The lowest BCUT2D eigenvalue weighted by atomic mass is 9.34. The summed E-state index contributed by atoms with van der Waals surface area (Å²) < 4.78 is 19.8. The Balaban J connectivity index is 0.959. The van der Waals surface area contributed by atoms with Gasteiger partial charge in [-0.3, -0.25) is 0 Å². The number of fused-ring (bicyclic) bond motifs is 9. The minimum Gasteiger partial charge on any atom is -0.458 e. The van der Waals surface area contributed by atoms with Crippen molar-refractivity contribution in [1.82, 2.24) is 0 Å². The van der Waals surface area contributed by atoms with Gasteiger partial charge >= 0.3 is 0 Å². The summed E-state index contributed by atoms with van der Waals surface area (Å²) >= 11 is 0. The highest BCUT2D eigenvalue weighted by molar-refractivity contribution is 6.99. The van der Waals surface area contributed by atoms with E-state index in [-0.39, 0.29) is 6.71 Å². The molecule has 9 aromatic carbocycles. The van der Waals surface area contributed by atoms with Gasteiger partial charge in [-0.2, -0.15) is 0 Å². The SMILES string of the molecule is c1cc2c3c(c1)Oc1cc(-c4cccc5c4Cc4c(-c6ccc7c8ccccc8c8ccccc8c7c6)cccc4-5)cc4c1B3c1c(cccc1O4)O2. The molecule has 13 rings (SSSR count). The third kappa shape index (κ3) is 3.65. The third-order valence-corrected chi connectivity index (χ3v) is 12.0. The molecule has 0 unspecified atom stereocenters. The van der Waals surface area contributed by atoms with Crippen molar-refractivity contribution in [2.45, 2.75) is 6.42 Å². The minimum atomic E-state index is 0.00747. The van der Waals surface area contributed by atoms with E-state index in [4.69, 9.17) is 14.2 Å². The molecule has 1 aliphatic carbocycles. The van der Waals surface area contributed by atoms with Crippen molar-refractivity contribution in [3.8, 4) is 67.9 Å². The molecule has 4 heteroatoms. The first kappa shape index (κ1) is 27.9. The van der Waals surface area contributed by atoms with Gasteiger partial charge < -0.3 is 14.2 Å². The molecule has 0 radical (unpaired) electrons. The fraction of sp³-hybridized carbons (Fsp3) is 0.0204. The lowest BCUT2D eigenvalue weighted by molar-refractivity contribution is 0.443. The molecule has 3 nitrogen and oxygen atoms in total. The van der Waals surface area contributed by atoms with Crippen LogP contribution >= 0.6 is 0 Å². The van der Waals surface area contributed by atoms with Gasteiger partial charge in [0, 0.05) is 16.4 Å². The van der Waals surface area contributed by atoms with E-state index in [1.807, 2.05) is 24.3 Å². The lowest BCUT2D eigenvalue weighted by Gasteiger charge is -2.37. The molecule has 3 aliphatic heterocycles. The van der Waals surface area contributed by atoms with Crippen LogP contribution in [0.3, 0.4) is 0 Å². The minimum absolute atomic E-state index is 0.00747. The normalized spacial score (nSPS) is 13.6. The van der Waals surface area contributed by atoms with Crippen LogP contribution in [0.15, 0.2) is 152 Å². The maximum Gasteiger partial charge on any atom is 0.270 e. The van der Waals surface area contributed by atoms with Crippen LogP contribution in [0.25, 0.3) is 65.7 Å². The summed E-state index contributed by atoms with van der Waals surface area (Å²) in [7, 11) is 0. The zero-order chi connectivity index (χ0) is 34.4. The molecule has 0 spiro atoms. The van der Waals surface area contributed by atoms with Gasteiger partial charge in [0.2, 0.25) is 0 Å². The summed E-state index contributed by atoms with van der Waals surface area (Å²) in [6, 6.07) is 54.8. The Hall–Kier alpha value is -6.78. The topological polar surface area (TPSA) is 27.7 Å². The molecule has 0 atom stereocenters. The summed E-state index contributed by atoms with van der Waals surface area (Å²) in [6.45, 7) is 0.00747. The van der Waals surface area contributed by atoms with Crippen LogP contribution in [0.4, 0.5) is 0 Å². The van der Waals surface area contributed by atoms with Crippen molar-refractivity contribution in [3.05, 3.63) is 163 Å². The van der Waals surface area contributed by atoms with Crippen LogP contribution < -0.4 is 30.6 Å². The standard InChI is InChI=1S/C49H27BO3/c1-2-11-33-31(9-1)32-10-3-4-12-34(32)38-23-27(21-22-37(33)38)29-13-5-15-35-36-16-6-14-30(40(36)26-39(29)35)28-24-45-49-46(25-28)53-44-20-8-18-42-48(44)50(49)47-41(51-42)17-7-19-43(47)52-45/h1-25H,26H2. The first-order chi connectivity index (χ1) is 26.3. The van der Waals surface area contributed by atoms with Crippen LogP contribution in [-0.4, -0.2) is 6.71 Å². The number of benzene rings is 9. The maximum absolute atomic E-state index is 6.70. The molecule has 3 heterocycles. The number of rotatable bonds is 2. The fourth-order valence-corrected chi connectivity index (χ4v) is 9.82. The summed E-state index contributed by atoms with van der Waals surface area (Å²) in [5.41, 5.74) is 13.4. The molecule has 0 saturated heterocycles. The van der Waals surface area contributed by atoms with Gasteiger partial charge in [-0.1, -0.05) is 109 Å². The van der Waals surface area contributed by atoms with E-state index in [0.717, 1.165) is 62.9 Å². The second-order valence-electron chi connectivity index (χ2n) is 14.7. The first-order valence-electron chi connectivity index (χ1n) is 18.3. The Bertz CT molecular complexity index is 3030. The smallest absolute Gasteiger partial charge is 0.270 e. The Morgan fingerprint density at radius 1 is 0.321 bits per heavy atom. The molecule has 0 fully saturated rings. The van der Waals surface area contributed by atoms with Crippen molar-refractivity contribution in [2.75, 3.05) is 0 Å². The molecule has 9 aromatic rings. The van der Waals surface area contributed by atoms with Crippen LogP contribution in [0.5, 0.6) is 34.5 Å². The van der Waals surface area contributed by atoms with Crippen LogP contribution in [0.1, 0.15) is 11.1 Å². The third-order valence-electron chi connectivity index (χ3n) is 12.0. The zero-order valence-corrected chi connectivity index (χ0v) is 28.4. The number of hydrogen-bond acceptors (Lipinski definition) is 3. The zero-order valence-electron chi connectivity index (χ0n) is 28.4. The quantitative estimate of drug-likeness (QED) is 0.135. The summed E-state index contributed by atoms with van der Waals surface area (Å²) in [5.74, 6) is 5.08. The highest BCUT2D eigenvalue weighted by Gasteiger charge is 2.46. The maximum atomic E-state index is 6.70. The van der Waals surface area contributed by atoms with Crippen molar-refractivity contribution in [3.63, 3.8) is 0 Å². The van der Waals surface area contributed by atoms with Crippen LogP contribution in [0.2, 0.25) is 0 Å². The molecular formula is C49H27BO3. The van der Waals surface area contributed by atoms with Gasteiger partial charge in [-0.05, 0) is 126 Å². The molecule has 0 saturated carbocycles. The van der Waals surface area contributed by atoms with Crippen molar-refractivity contribution in [2.24, 2.45) is 0 Å². The van der Waals surface area contributed by atoms with E-state index in [1.165, 1.54) is 71.3 Å². The molecule has 0 bridgehead atoms. The predicted octanol–water partition coefficient (Wildman–Crippen LogP) is 10.9. The van der Waals surface area contributed by atoms with Crippen LogP contribution in [-0.2, 0) is 6.42 Å². The molecule has 4 aliphatic rings. The van der Waals surface area contributed by atoms with E-state index in [1.54, 1.807) is 0 Å². The molecule has 244 valence electrons. The van der Waals surface area contributed by atoms with E-state index in [0.29, 0.717) is 0 Å². The average molecular weight is 675 g/mol. The molecule has 0 N–H and O–H groups in total. The second-order valence-corrected chi connectivity index (χ2v) is 14.7. The predicted molar refractivity (Wildman–Crippen MR) is 216 cm³/mol. The van der Waals surface area contributed by atoms with E-state index < -0.39 is 0 Å². The Morgan fingerprint density at radius 2 is 0.736 bits per heavy atom. The first-order valence-corrected chi connectivity index (χ1v) is 18.3. The molecular weight excluding hydrogens is 647 g/mol. The second kappa shape index (κ2) is 9.96. The van der Waals surface area contributed by atoms with Gasteiger partial charge in [0.25, 0.3) is 6.71 Å². The average Bonchev–Trinajstić information content (AvgIpc) is 3.60. The largest absolute Gasteiger partial charge is 0.458 e. The van der Waals surface area contributed by atoms with Crippen LogP contribution in [0, 0.1) is 0 Å². The highest BCUT2D eigenvalue weighted by Crippen LogP contribution is 2.48. The monoisotopic (exact) mass is 674 g/mol. The molecule has 0 amide bonds. The van der Waals surface area contributed by atoms with Crippen molar-refractivity contribution < 1.29 is 14.2 Å². The van der Waals surface area contributed by atoms with Gasteiger partial charge in [0.15, 0.2) is 0 Å². The van der Waals surface area contributed by atoms with Crippen molar-refractivity contribution in [1.29, 1.82) is 0 Å². The van der Waals surface area contributed by atoms with E-state index in [9.17, 15) is 0 Å². The lowest BCUT2D eigenvalue weighted by Crippen LogP contribution is -2.59. The summed E-state index contributed by atoms with van der Waals surface area (Å²) in [5, 5.41) is 7.77. The van der Waals surface area contributed by atoms with Gasteiger partial charge in [0.1, 0.15) is 34.5 Å². The Labute approximate surface area is 305 Å². The summed E-state index contributed by atoms with van der Waals surface area (Å²) in [6.07, 6.45) is 0.847. The Morgan fingerprint density at radius 3 is 1.28 bits per heavy atom. The number of ether oxygens (including phenoxy) is 3. The van der Waals surface area contributed by atoms with E-state index >= 15 is 0 Å². The molecule has 53 heavy (non-hydrogen) atoms. The highest BCUT2D eigenvalue weighted by atomic mass is 16.5. The molecule has 0 aromatic heterocycles. The number of hydrogen-bond donors (Lipinski definition) is 0. The Kier molecular flexibility index (Phi) is 5.24.